The third-order valence-corrected chi connectivity index (χ3v) is 5.99. The molecule has 6 heteroatoms. The van der Waals surface area contributed by atoms with Crippen molar-refractivity contribution in [2.24, 2.45) is 0 Å². The van der Waals surface area contributed by atoms with Gasteiger partial charge in [0.2, 0.25) is 0 Å². The summed E-state index contributed by atoms with van der Waals surface area (Å²) in [6, 6.07) is 10.3. The molecule has 14 heavy (non-hydrogen) atoms. The molecule has 1 aromatic heterocycles. The summed E-state index contributed by atoms with van der Waals surface area (Å²) in [6.07, 6.45) is 0. The van der Waals surface area contributed by atoms with Gasteiger partial charge in [0, 0.05) is 8.51 Å². The fourth-order valence-electron chi connectivity index (χ4n) is 1.09. The second kappa shape index (κ2) is 4.66. The molecule has 2 unspecified atom stereocenters. The number of nitrogens with one attached hydrogen (secondary N) is 1. The van der Waals surface area contributed by atoms with Gasteiger partial charge in [0.25, 0.3) is 0 Å². The standard InChI is InChI=1S/C8H10N3P3/c1-2-14-10-12-9-13-11(14)8-6-4-3-5-7-8/h2-7,10,12H,1H2. The highest BCUT2D eigenvalue weighted by molar-refractivity contribution is 7.60. The van der Waals surface area contributed by atoms with Gasteiger partial charge < -0.3 is 4.51 Å². The Bertz CT molecular complexity index is 447. The van der Waals surface area contributed by atoms with Gasteiger partial charge in [0.15, 0.2) is 0 Å². The molecule has 0 fully saturated rings. The summed E-state index contributed by atoms with van der Waals surface area (Å²) < 4.78 is 9.88. The van der Waals surface area contributed by atoms with Gasteiger partial charge >= 0.3 is 0 Å². The molecule has 0 radical (unpaired) electrons. The van der Waals surface area contributed by atoms with E-state index in [0.717, 1.165) is 8.51 Å². The van der Waals surface area contributed by atoms with Crippen LogP contribution in [-0.4, -0.2) is 13.1 Å². The van der Waals surface area contributed by atoms with Crippen molar-refractivity contribution in [3.8, 4) is 5.69 Å². The van der Waals surface area contributed by atoms with E-state index < -0.39 is 7.85 Å². The molecular formula is C8H10N3P3. The maximum absolute atomic E-state index is 4.32. The fraction of sp³-hybridized carbons (Fsp3) is 0. The lowest BCUT2D eigenvalue weighted by molar-refractivity contribution is 1.32. The Morgan fingerprint density at radius 3 is 3.00 bits per heavy atom. The second-order valence-electron chi connectivity index (χ2n) is 2.57. The van der Waals surface area contributed by atoms with Crippen LogP contribution in [0.4, 0.5) is 0 Å². The van der Waals surface area contributed by atoms with Crippen LogP contribution < -0.4 is 0 Å². The smallest absolute Gasteiger partial charge is 0.146 e. The molecule has 2 aromatic rings. The van der Waals surface area contributed by atoms with E-state index in [1.165, 1.54) is 5.69 Å². The maximum atomic E-state index is 4.32. The number of hydrogen-bond donors (Lipinski definition) is 1. The van der Waals surface area contributed by atoms with Crippen LogP contribution in [0.5, 0.6) is 0 Å². The average Bonchev–Trinajstić information content (AvgIpc) is 2.30. The number of H-pyrrole nitrogens is 1. The van der Waals surface area contributed by atoms with E-state index in [2.05, 4.69) is 31.8 Å². The van der Waals surface area contributed by atoms with E-state index in [9.17, 15) is 0 Å². The SMILES string of the molecule is C=Cp1[nH][pH]npn1-c1ccccc1. The van der Waals surface area contributed by atoms with Crippen LogP contribution in [0, 0.1) is 0 Å². The van der Waals surface area contributed by atoms with Crippen molar-refractivity contribution in [3.05, 3.63) is 36.9 Å². The zero-order chi connectivity index (χ0) is 9.80. The van der Waals surface area contributed by atoms with Crippen molar-refractivity contribution in [3.63, 3.8) is 0 Å². The number of aromatic amines is 1. The Morgan fingerprint density at radius 2 is 2.29 bits per heavy atom. The summed E-state index contributed by atoms with van der Waals surface area (Å²) in [5, 5.41) is 0. The first-order valence-corrected chi connectivity index (χ1v) is 7.21. The predicted octanol–water partition coefficient (Wildman–Crippen LogP) is 4.02. The topological polar surface area (TPSA) is 33.6 Å². The van der Waals surface area contributed by atoms with E-state index in [1.807, 2.05) is 24.0 Å². The fourth-order valence-corrected chi connectivity index (χ4v) is 5.44. The highest BCUT2D eigenvalue weighted by Gasteiger charge is 1.97. The molecule has 0 saturated heterocycles. The molecule has 1 heterocycles. The molecule has 0 spiro atoms. The summed E-state index contributed by atoms with van der Waals surface area (Å²) in [7, 11) is 1.06. The summed E-state index contributed by atoms with van der Waals surface area (Å²) in [4.78, 5) is 0. The van der Waals surface area contributed by atoms with Gasteiger partial charge in [-0.05, 0) is 17.9 Å². The van der Waals surface area contributed by atoms with Crippen LogP contribution in [0.2, 0.25) is 0 Å². The predicted molar refractivity (Wildman–Crippen MR) is 66.7 cm³/mol. The van der Waals surface area contributed by atoms with Gasteiger partial charge in [-0.25, -0.2) is 4.09 Å². The van der Waals surface area contributed by atoms with Gasteiger partial charge in [-0.15, -0.1) is 0 Å². The zero-order valence-electron chi connectivity index (χ0n) is 7.46. The quantitative estimate of drug-likeness (QED) is 0.846. The summed E-state index contributed by atoms with van der Waals surface area (Å²) in [5.41, 5.74) is 1.20. The molecule has 2 rings (SSSR count). The maximum Gasteiger partial charge on any atom is 0.146 e. The minimum absolute atomic E-state index is 0.456. The summed E-state index contributed by atoms with van der Waals surface area (Å²) in [5.74, 6) is 1.97. The third kappa shape index (κ3) is 2.01. The van der Waals surface area contributed by atoms with Crippen molar-refractivity contribution in [1.82, 2.24) is 13.1 Å². The Balaban J connectivity index is 2.57. The van der Waals surface area contributed by atoms with Gasteiger partial charge in [-0.1, -0.05) is 24.8 Å². The lowest BCUT2D eigenvalue weighted by Gasteiger charge is -2.08. The summed E-state index contributed by atoms with van der Waals surface area (Å²) >= 11 is 0. The molecular weight excluding hydrogens is 231 g/mol. The number of para-hydroxylation sites is 1. The molecule has 0 aliphatic carbocycles. The lowest BCUT2D eigenvalue weighted by Crippen LogP contribution is -1.86. The molecule has 0 aliphatic rings. The van der Waals surface area contributed by atoms with Crippen molar-refractivity contribution in [2.45, 2.75) is 0 Å². The number of rotatable bonds is 2. The van der Waals surface area contributed by atoms with Gasteiger partial charge in [0.1, 0.15) is 8.51 Å². The normalized spacial score (nSPS) is 12.1. The first kappa shape index (κ1) is 9.80. The number of hydrogen-bond acceptors (Lipinski definition) is 1. The first-order valence-electron chi connectivity index (χ1n) is 4.10. The zero-order valence-corrected chi connectivity index (χ0v) is 10.2. The van der Waals surface area contributed by atoms with Gasteiger partial charge in [-0.3, -0.25) is 0 Å². The molecule has 2 atom stereocenters. The van der Waals surface area contributed by atoms with E-state index in [1.54, 1.807) is 0 Å². The Kier molecular flexibility index (Phi) is 3.26. The van der Waals surface area contributed by atoms with Crippen molar-refractivity contribution < 1.29 is 0 Å². The van der Waals surface area contributed by atoms with Crippen LogP contribution in [0.1, 0.15) is 0 Å². The average molecular weight is 241 g/mol. The number of nitrogens with zero attached hydrogens (tertiary/aromatic N) is 2. The lowest BCUT2D eigenvalue weighted by atomic mass is 10.3. The van der Waals surface area contributed by atoms with Crippen LogP contribution >= 0.6 is 24.9 Å². The molecule has 1 N–H and O–H groups in total. The minimum Gasteiger partial charge on any atom is -0.307 e. The van der Waals surface area contributed by atoms with Crippen LogP contribution in [0.25, 0.3) is 11.5 Å². The summed E-state index contributed by atoms with van der Waals surface area (Å²) in [6.45, 7) is 3.84. The highest BCUT2D eigenvalue weighted by Crippen LogP contribution is 2.33. The second-order valence-corrected chi connectivity index (χ2v) is 6.83. The third-order valence-electron chi connectivity index (χ3n) is 1.71. The van der Waals surface area contributed by atoms with Crippen molar-refractivity contribution in [1.29, 1.82) is 0 Å². The van der Waals surface area contributed by atoms with E-state index in [4.69, 9.17) is 0 Å². The van der Waals surface area contributed by atoms with E-state index >= 15 is 0 Å². The Morgan fingerprint density at radius 1 is 1.50 bits per heavy atom. The molecule has 3 nitrogen and oxygen atoms in total. The largest absolute Gasteiger partial charge is 0.307 e. The molecule has 0 amide bonds. The van der Waals surface area contributed by atoms with E-state index in [0.29, 0.717) is 8.51 Å². The van der Waals surface area contributed by atoms with Gasteiger partial charge in [0.05, 0.1) is 13.5 Å². The Labute approximate surface area is 86.8 Å². The number of aromatic nitrogens is 3. The number of benzene rings is 1. The molecule has 1 aromatic carbocycles. The van der Waals surface area contributed by atoms with Crippen LogP contribution in [0.3, 0.4) is 0 Å². The van der Waals surface area contributed by atoms with Gasteiger partial charge in [-0.2, -0.15) is 4.51 Å². The van der Waals surface area contributed by atoms with Crippen LogP contribution in [0.15, 0.2) is 36.9 Å². The monoisotopic (exact) mass is 241 g/mol. The first-order chi connectivity index (χ1) is 6.92. The van der Waals surface area contributed by atoms with E-state index in [-0.39, 0.29) is 0 Å². The molecule has 72 valence electrons. The molecule has 0 saturated carbocycles. The van der Waals surface area contributed by atoms with Crippen LogP contribution in [-0.2, 0) is 0 Å². The minimum atomic E-state index is -0.456. The van der Waals surface area contributed by atoms with Crippen molar-refractivity contribution in [2.75, 3.05) is 0 Å². The molecule has 0 bridgehead atoms. The van der Waals surface area contributed by atoms with Crippen molar-refractivity contribution >= 4 is 30.7 Å². The molecule has 0 aliphatic heterocycles. The highest BCUT2D eigenvalue weighted by atomic mass is 31.2. The Hall–Kier alpha value is -0.740.